The molecule has 1 aliphatic heterocycles. The van der Waals surface area contributed by atoms with Gasteiger partial charge in [-0.05, 0) is 31.9 Å². The second-order valence-electron chi connectivity index (χ2n) is 6.10. The summed E-state index contributed by atoms with van der Waals surface area (Å²) in [5.41, 5.74) is 0.837. The lowest BCUT2D eigenvalue weighted by Crippen LogP contribution is -2.35. The van der Waals surface area contributed by atoms with Crippen LogP contribution in [0.1, 0.15) is 41.9 Å². The zero-order valence-electron chi connectivity index (χ0n) is 13.7. The molecule has 0 unspecified atom stereocenters. The number of piperidine rings is 1. The lowest BCUT2D eigenvalue weighted by molar-refractivity contribution is -0.385. The van der Waals surface area contributed by atoms with E-state index in [9.17, 15) is 14.9 Å². The fraction of sp³-hybridized carbons (Fsp3) is 0.438. The van der Waals surface area contributed by atoms with Gasteiger partial charge in [0.25, 0.3) is 5.69 Å². The number of nitro benzene ring substituents is 1. The van der Waals surface area contributed by atoms with Crippen LogP contribution in [0.2, 0.25) is 0 Å². The molecule has 1 aromatic carbocycles. The molecule has 126 valence electrons. The van der Waals surface area contributed by atoms with Crippen molar-refractivity contribution in [3.8, 4) is 0 Å². The van der Waals surface area contributed by atoms with E-state index in [0.717, 1.165) is 37.4 Å². The van der Waals surface area contributed by atoms with Gasteiger partial charge in [-0.3, -0.25) is 14.9 Å². The van der Waals surface area contributed by atoms with Crippen LogP contribution in [0.4, 0.5) is 11.4 Å². The van der Waals surface area contributed by atoms with Crippen molar-refractivity contribution in [2.24, 2.45) is 7.05 Å². The van der Waals surface area contributed by atoms with Gasteiger partial charge in [-0.2, -0.15) is 0 Å². The van der Waals surface area contributed by atoms with Crippen LogP contribution in [-0.4, -0.2) is 38.6 Å². The number of carbonyl (C=O) groups excluding carboxylic acids is 1. The number of benzene rings is 1. The molecule has 0 saturated carbocycles. The monoisotopic (exact) mass is 329 g/mol. The summed E-state index contributed by atoms with van der Waals surface area (Å²) >= 11 is 0. The fourth-order valence-electron chi connectivity index (χ4n) is 3.25. The van der Waals surface area contributed by atoms with Gasteiger partial charge >= 0.3 is 0 Å². The van der Waals surface area contributed by atoms with E-state index in [-0.39, 0.29) is 23.0 Å². The molecule has 8 heteroatoms. The first-order valence-corrected chi connectivity index (χ1v) is 7.85. The molecule has 1 aliphatic rings. The number of carbonyl (C=O) groups is 1. The molecule has 0 amide bonds. The van der Waals surface area contributed by atoms with E-state index in [4.69, 9.17) is 0 Å². The minimum Gasteiger partial charge on any atom is -0.371 e. The van der Waals surface area contributed by atoms with E-state index in [1.807, 2.05) is 11.6 Å². The number of rotatable bonds is 4. The third-order valence-electron chi connectivity index (χ3n) is 4.45. The van der Waals surface area contributed by atoms with Gasteiger partial charge in [0.15, 0.2) is 5.78 Å². The standard InChI is InChI=1S/C16H19N5O3/c1-11(22)14-8-13(5-6-15(14)21(23)24)20-7-3-4-12(9-20)16-18-17-10-19(16)2/h5-6,8,10,12H,3-4,7,9H2,1-2H3/t12-/m0/s1. The molecule has 1 saturated heterocycles. The predicted octanol–water partition coefficient (Wildman–Crippen LogP) is 2.31. The Labute approximate surface area is 139 Å². The van der Waals surface area contributed by atoms with Crippen LogP contribution in [0.25, 0.3) is 0 Å². The van der Waals surface area contributed by atoms with Crippen molar-refractivity contribution in [2.75, 3.05) is 18.0 Å². The summed E-state index contributed by atoms with van der Waals surface area (Å²) < 4.78 is 1.92. The molecule has 24 heavy (non-hydrogen) atoms. The molecular formula is C16H19N5O3. The molecule has 2 aromatic rings. The number of hydrogen-bond donors (Lipinski definition) is 0. The lowest BCUT2D eigenvalue weighted by Gasteiger charge is -2.34. The Kier molecular flexibility index (Phi) is 4.28. The molecule has 0 spiro atoms. The van der Waals surface area contributed by atoms with E-state index in [2.05, 4.69) is 15.1 Å². The zero-order valence-corrected chi connectivity index (χ0v) is 13.7. The van der Waals surface area contributed by atoms with Crippen LogP contribution in [0.15, 0.2) is 24.5 Å². The van der Waals surface area contributed by atoms with Crippen molar-refractivity contribution < 1.29 is 9.72 Å². The molecule has 8 nitrogen and oxygen atoms in total. The molecule has 2 heterocycles. The van der Waals surface area contributed by atoms with Crippen molar-refractivity contribution in [3.05, 3.63) is 46.0 Å². The summed E-state index contributed by atoms with van der Waals surface area (Å²) in [6, 6.07) is 4.75. The van der Waals surface area contributed by atoms with Crippen molar-refractivity contribution >= 4 is 17.2 Å². The van der Waals surface area contributed by atoms with Gasteiger partial charge in [-0.15, -0.1) is 10.2 Å². The number of nitro groups is 1. The smallest absolute Gasteiger partial charge is 0.280 e. The second kappa shape index (κ2) is 6.38. The largest absolute Gasteiger partial charge is 0.371 e. The predicted molar refractivity (Wildman–Crippen MR) is 88.3 cm³/mol. The third-order valence-corrected chi connectivity index (χ3v) is 4.45. The first-order chi connectivity index (χ1) is 11.5. The number of hydrogen-bond acceptors (Lipinski definition) is 6. The Morgan fingerprint density at radius 3 is 2.83 bits per heavy atom. The molecule has 0 aliphatic carbocycles. The number of ketones is 1. The summed E-state index contributed by atoms with van der Waals surface area (Å²) in [5.74, 6) is 0.890. The molecule has 1 atom stereocenters. The second-order valence-corrected chi connectivity index (χ2v) is 6.10. The van der Waals surface area contributed by atoms with Gasteiger partial charge in [0.1, 0.15) is 12.2 Å². The highest BCUT2D eigenvalue weighted by Crippen LogP contribution is 2.31. The first kappa shape index (κ1) is 16.1. The minimum atomic E-state index is -0.515. The van der Waals surface area contributed by atoms with Gasteiger partial charge in [-0.25, -0.2) is 0 Å². The maximum absolute atomic E-state index is 11.8. The van der Waals surface area contributed by atoms with Crippen LogP contribution in [0.3, 0.4) is 0 Å². The highest BCUT2D eigenvalue weighted by atomic mass is 16.6. The van der Waals surface area contributed by atoms with Crippen LogP contribution >= 0.6 is 0 Å². The Hall–Kier alpha value is -2.77. The van der Waals surface area contributed by atoms with Gasteiger partial charge in [0.05, 0.1) is 10.5 Å². The van der Waals surface area contributed by atoms with Gasteiger partial charge < -0.3 is 9.47 Å². The maximum atomic E-state index is 11.8. The SMILES string of the molecule is CC(=O)c1cc(N2CCC[C@H](c3nncn3C)C2)ccc1[N+](=O)[O-]. The molecule has 0 N–H and O–H groups in total. The third kappa shape index (κ3) is 2.99. The Balaban J connectivity index is 1.88. The topological polar surface area (TPSA) is 94.2 Å². The number of Topliss-reactive ketones (excluding diaryl/α,β-unsaturated/α-hetero) is 1. The summed E-state index contributed by atoms with van der Waals surface area (Å²) in [4.78, 5) is 24.5. The van der Waals surface area contributed by atoms with E-state index in [0.29, 0.717) is 0 Å². The minimum absolute atomic E-state index is 0.145. The summed E-state index contributed by atoms with van der Waals surface area (Å²) in [6.07, 6.45) is 3.70. The number of aryl methyl sites for hydroxylation is 1. The highest BCUT2D eigenvalue weighted by Gasteiger charge is 2.26. The Morgan fingerprint density at radius 2 is 2.21 bits per heavy atom. The highest BCUT2D eigenvalue weighted by molar-refractivity contribution is 5.99. The van der Waals surface area contributed by atoms with Gasteiger partial charge in [-0.1, -0.05) is 0 Å². The van der Waals surface area contributed by atoms with Crippen molar-refractivity contribution in [3.63, 3.8) is 0 Å². The van der Waals surface area contributed by atoms with Crippen molar-refractivity contribution in [2.45, 2.75) is 25.7 Å². The van der Waals surface area contributed by atoms with Crippen LogP contribution < -0.4 is 4.90 Å². The molecular weight excluding hydrogens is 310 g/mol. The Morgan fingerprint density at radius 1 is 1.42 bits per heavy atom. The summed E-state index contributed by atoms with van der Waals surface area (Å²) in [6.45, 7) is 2.95. The average molecular weight is 329 g/mol. The van der Waals surface area contributed by atoms with Crippen LogP contribution in [-0.2, 0) is 7.05 Å². The van der Waals surface area contributed by atoms with Gasteiger partial charge in [0.2, 0.25) is 0 Å². The fourth-order valence-corrected chi connectivity index (χ4v) is 3.25. The number of aromatic nitrogens is 3. The zero-order chi connectivity index (χ0) is 17.3. The van der Waals surface area contributed by atoms with E-state index in [1.54, 1.807) is 18.5 Å². The van der Waals surface area contributed by atoms with Gasteiger partial charge in [0, 0.05) is 37.8 Å². The van der Waals surface area contributed by atoms with E-state index >= 15 is 0 Å². The average Bonchev–Trinajstić information content (AvgIpc) is 3.00. The normalized spacial score (nSPS) is 17.8. The quantitative estimate of drug-likeness (QED) is 0.485. The van der Waals surface area contributed by atoms with E-state index in [1.165, 1.54) is 13.0 Å². The number of anilines is 1. The number of nitrogens with zero attached hydrogens (tertiary/aromatic N) is 5. The van der Waals surface area contributed by atoms with Crippen LogP contribution in [0, 0.1) is 10.1 Å². The van der Waals surface area contributed by atoms with E-state index < -0.39 is 4.92 Å². The lowest BCUT2D eigenvalue weighted by atomic mass is 9.96. The van der Waals surface area contributed by atoms with Crippen molar-refractivity contribution in [1.82, 2.24) is 14.8 Å². The van der Waals surface area contributed by atoms with Crippen LogP contribution in [0.5, 0.6) is 0 Å². The molecule has 3 rings (SSSR count). The Bertz CT molecular complexity index is 786. The molecule has 1 aromatic heterocycles. The molecule has 0 radical (unpaired) electrons. The molecule has 0 bridgehead atoms. The van der Waals surface area contributed by atoms with Crippen molar-refractivity contribution in [1.29, 1.82) is 0 Å². The maximum Gasteiger partial charge on any atom is 0.280 e. The molecule has 1 fully saturated rings. The summed E-state index contributed by atoms with van der Waals surface area (Å²) in [5, 5.41) is 19.2. The summed E-state index contributed by atoms with van der Waals surface area (Å²) in [7, 11) is 1.92. The first-order valence-electron chi connectivity index (χ1n) is 7.85.